The van der Waals surface area contributed by atoms with E-state index in [0.29, 0.717) is 47.1 Å². The first-order valence-corrected chi connectivity index (χ1v) is 10.7. The summed E-state index contributed by atoms with van der Waals surface area (Å²) in [6, 6.07) is 20.1. The Kier molecular flexibility index (Phi) is 6.96. The third-order valence-corrected chi connectivity index (χ3v) is 5.13. The molecular formula is C26H21F3N4O2. The number of nitrogens with one attached hydrogen (secondary N) is 1. The molecule has 3 N–H and O–H groups in total. The van der Waals surface area contributed by atoms with E-state index in [1.807, 2.05) is 12.1 Å². The zero-order chi connectivity index (χ0) is 24.8. The largest absolute Gasteiger partial charge is 0.477 e. The molecule has 35 heavy (non-hydrogen) atoms. The van der Waals surface area contributed by atoms with Crippen LogP contribution in [0.4, 0.5) is 24.7 Å². The zero-order valence-electron chi connectivity index (χ0n) is 18.4. The van der Waals surface area contributed by atoms with E-state index in [1.54, 1.807) is 42.5 Å². The second-order valence-corrected chi connectivity index (χ2v) is 7.61. The second-order valence-electron chi connectivity index (χ2n) is 7.61. The monoisotopic (exact) mass is 478 g/mol. The molecule has 0 fully saturated rings. The van der Waals surface area contributed by atoms with Crippen LogP contribution in [0.5, 0.6) is 5.88 Å². The quantitative estimate of drug-likeness (QED) is 0.360. The summed E-state index contributed by atoms with van der Waals surface area (Å²) in [5.74, 6) is 0.418. The van der Waals surface area contributed by atoms with Gasteiger partial charge in [-0.3, -0.25) is 4.79 Å². The molecule has 2 heterocycles. The second kappa shape index (κ2) is 10.3. The molecule has 0 unspecified atom stereocenters. The Morgan fingerprint density at radius 3 is 2.40 bits per heavy atom. The molecule has 0 radical (unpaired) electrons. The van der Waals surface area contributed by atoms with Gasteiger partial charge >= 0.3 is 6.18 Å². The van der Waals surface area contributed by atoms with Crippen LogP contribution in [0, 0.1) is 0 Å². The normalized spacial score (nSPS) is 11.2. The van der Waals surface area contributed by atoms with Crippen molar-refractivity contribution in [2.24, 2.45) is 0 Å². The highest BCUT2D eigenvalue weighted by Crippen LogP contribution is 2.32. The molecule has 0 saturated heterocycles. The summed E-state index contributed by atoms with van der Waals surface area (Å²) in [5, 5.41) is 2.76. The first-order chi connectivity index (χ1) is 16.8. The molecule has 0 aliphatic rings. The number of aromatic nitrogens is 2. The Labute approximate surface area is 199 Å². The average Bonchev–Trinajstić information content (AvgIpc) is 2.85. The predicted octanol–water partition coefficient (Wildman–Crippen LogP) is 5.62. The van der Waals surface area contributed by atoms with Gasteiger partial charge in [0.25, 0.3) is 5.91 Å². The Morgan fingerprint density at radius 2 is 1.71 bits per heavy atom. The van der Waals surface area contributed by atoms with E-state index in [2.05, 4.69) is 15.3 Å². The molecule has 0 bridgehead atoms. The maximum Gasteiger partial charge on any atom is 0.416 e. The van der Waals surface area contributed by atoms with Crippen LogP contribution in [0.25, 0.3) is 11.1 Å². The SMILES string of the molecule is Nc1cccc(CCOc2ccc(NC(=O)c3ccccc3-c3ccc(C(F)(F)F)cc3)cn2)n1. The number of carbonyl (C=O) groups is 1. The van der Waals surface area contributed by atoms with Crippen molar-refractivity contribution in [3.05, 3.63) is 102 Å². The average molecular weight is 478 g/mol. The van der Waals surface area contributed by atoms with Crippen molar-refractivity contribution in [2.75, 3.05) is 17.7 Å². The summed E-state index contributed by atoms with van der Waals surface area (Å²) in [4.78, 5) is 21.3. The highest BCUT2D eigenvalue weighted by atomic mass is 19.4. The fraction of sp³-hybridized carbons (Fsp3) is 0.115. The Bertz CT molecular complexity index is 1310. The van der Waals surface area contributed by atoms with Crippen molar-refractivity contribution < 1.29 is 22.7 Å². The van der Waals surface area contributed by atoms with E-state index < -0.39 is 17.6 Å². The maximum atomic E-state index is 12.9. The number of amides is 1. The lowest BCUT2D eigenvalue weighted by atomic mass is 9.98. The van der Waals surface area contributed by atoms with Gasteiger partial charge < -0.3 is 15.8 Å². The van der Waals surface area contributed by atoms with Gasteiger partial charge in [0, 0.05) is 23.7 Å². The highest BCUT2D eigenvalue weighted by Gasteiger charge is 2.30. The number of rotatable bonds is 7. The van der Waals surface area contributed by atoms with Crippen LogP contribution in [0.1, 0.15) is 21.6 Å². The van der Waals surface area contributed by atoms with E-state index in [1.165, 1.54) is 18.3 Å². The molecule has 0 aliphatic carbocycles. The summed E-state index contributed by atoms with van der Waals surface area (Å²) < 4.78 is 44.2. The van der Waals surface area contributed by atoms with Gasteiger partial charge in [0.1, 0.15) is 5.82 Å². The number of hydrogen-bond donors (Lipinski definition) is 2. The van der Waals surface area contributed by atoms with Gasteiger partial charge in [-0.25, -0.2) is 9.97 Å². The minimum atomic E-state index is -4.43. The number of benzene rings is 2. The molecular weight excluding hydrogens is 457 g/mol. The third-order valence-electron chi connectivity index (χ3n) is 5.13. The Hall–Kier alpha value is -4.40. The number of anilines is 2. The molecule has 0 saturated carbocycles. The number of halogens is 3. The lowest BCUT2D eigenvalue weighted by Gasteiger charge is -2.12. The number of hydrogen-bond acceptors (Lipinski definition) is 5. The number of nitrogens with two attached hydrogens (primary N) is 1. The van der Waals surface area contributed by atoms with Gasteiger partial charge in [0.15, 0.2) is 0 Å². The lowest BCUT2D eigenvalue weighted by molar-refractivity contribution is -0.137. The molecule has 0 atom stereocenters. The Morgan fingerprint density at radius 1 is 0.943 bits per heavy atom. The van der Waals surface area contributed by atoms with Crippen molar-refractivity contribution in [3.63, 3.8) is 0 Å². The van der Waals surface area contributed by atoms with Gasteiger partial charge in [-0.15, -0.1) is 0 Å². The molecule has 178 valence electrons. The Balaban J connectivity index is 1.40. The number of alkyl halides is 3. The van der Waals surface area contributed by atoms with Gasteiger partial charge in [-0.1, -0.05) is 36.4 Å². The van der Waals surface area contributed by atoms with Gasteiger partial charge in [-0.05, 0) is 47.5 Å². The maximum absolute atomic E-state index is 12.9. The van der Waals surface area contributed by atoms with E-state index in [9.17, 15) is 18.0 Å². The van der Waals surface area contributed by atoms with E-state index >= 15 is 0 Å². The van der Waals surface area contributed by atoms with Crippen molar-refractivity contribution >= 4 is 17.4 Å². The van der Waals surface area contributed by atoms with Gasteiger partial charge in [0.2, 0.25) is 5.88 Å². The molecule has 0 aliphatic heterocycles. The van der Waals surface area contributed by atoms with Crippen LogP contribution in [0.2, 0.25) is 0 Å². The standard InChI is InChI=1S/C26H21F3N4O2/c27-26(28,29)18-10-8-17(9-11-18)21-5-1-2-6-22(21)25(34)33-20-12-13-24(31-16-20)35-15-14-19-4-3-7-23(30)32-19/h1-13,16H,14-15H2,(H2,30,32)(H,33,34). The number of pyridine rings is 2. The van der Waals surface area contributed by atoms with Crippen LogP contribution in [-0.2, 0) is 12.6 Å². The molecule has 2 aromatic heterocycles. The van der Waals surface area contributed by atoms with E-state index in [4.69, 9.17) is 10.5 Å². The summed E-state index contributed by atoms with van der Waals surface area (Å²) in [6.45, 7) is 0.357. The summed E-state index contributed by atoms with van der Waals surface area (Å²) in [5.41, 5.74) is 7.50. The molecule has 0 spiro atoms. The highest BCUT2D eigenvalue weighted by molar-refractivity contribution is 6.08. The molecule has 1 amide bonds. The van der Waals surface area contributed by atoms with Crippen molar-refractivity contribution in [3.8, 4) is 17.0 Å². The number of carbonyl (C=O) groups excluding carboxylic acids is 1. The fourth-order valence-electron chi connectivity index (χ4n) is 3.41. The van der Waals surface area contributed by atoms with E-state index in [0.717, 1.165) is 17.8 Å². The fourth-order valence-corrected chi connectivity index (χ4v) is 3.41. The predicted molar refractivity (Wildman–Crippen MR) is 127 cm³/mol. The number of nitrogen functional groups attached to an aromatic ring is 1. The van der Waals surface area contributed by atoms with Crippen LogP contribution >= 0.6 is 0 Å². The molecule has 2 aromatic carbocycles. The topological polar surface area (TPSA) is 90.1 Å². The van der Waals surface area contributed by atoms with Gasteiger partial charge in [-0.2, -0.15) is 13.2 Å². The van der Waals surface area contributed by atoms with Crippen molar-refractivity contribution in [1.82, 2.24) is 9.97 Å². The molecule has 4 aromatic rings. The lowest BCUT2D eigenvalue weighted by Crippen LogP contribution is -2.13. The minimum absolute atomic E-state index is 0.321. The summed E-state index contributed by atoms with van der Waals surface area (Å²) in [6.07, 6.45) is -2.40. The molecule has 6 nitrogen and oxygen atoms in total. The van der Waals surface area contributed by atoms with Crippen LogP contribution < -0.4 is 15.8 Å². The molecule has 9 heteroatoms. The third kappa shape index (κ3) is 6.14. The van der Waals surface area contributed by atoms with Crippen LogP contribution in [-0.4, -0.2) is 22.5 Å². The minimum Gasteiger partial charge on any atom is -0.477 e. The van der Waals surface area contributed by atoms with Gasteiger partial charge in [0.05, 0.1) is 24.1 Å². The molecule has 4 rings (SSSR count). The van der Waals surface area contributed by atoms with Crippen LogP contribution in [0.15, 0.2) is 85.1 Å². The smallest absolute Gasteiger partial charge is 0.416 e. The zero-order valence-corrected chi connectivity index (χ0v) is 18.4. The van der Waals surface area contributed by atoms with Crippen molar-refractivity contribution in [2.45, 2.75) is 12.6 Å². The van der Waals surface area contributed by atoms with Crippen molar-refractivity contribution in [1.29, 1.82) is 0 Å². The first kappa shape index (κ1) is 23.7. The number of ether oxygens (including phenoxy) is 1. The van der Waals surface area contributed by atoms with E-state index in [-0.39, 0.29) is 0 Å². The summed E-state index contributed by atoms with van der Waals surface area (Å²) in [7, 11) is 0. The van der Waals surface area contributed by atoms with Crippen LogP contribution in [0.3, 0.4) is 0 Å². The first-order valence-electron chi connectivity index (χ1n) is 10.7. The number of nitrogens with zero attached hydrogens (tertiary/aromatic N) is 2. The summed E-state index contributed by atoms with van der Waals surface area (Å²) >= 11 is 0.